The predicted molar refractivity (Wildman–Crippen MR) is 56.4 cm³/mol. The molecular weight excluding hydrogens is 195 g/mol. The predicted octanol–water partition coefficient (Wildman–Crippen LogP) is 2.82. The molecule has 0 aliphatic rings. The number of Topliss-reactive ketones (excluding diaryl/α,β-unsaturated/α-hetero) is 1. The van der Waals surface area contributed by atoms with Crippen molar-refractivity contribution in [2.75, 3.05) is 6.61 Å². The van der Waals surface area contributed by atoms with Crippen LogP contribution in [0.15, 0.2) is 24.3 Å². The third kappa shape index (κ3) is 3.80. The lowest BCUT2D eigenvalue weighted by atomic mass is 10.1. The van der Waals surface area contributed by atoms with Gasteiger partial charge in [0.25, 0.3) is 0 Å². The molecule has 82 valence electrons. The van der Waals surface area contributed by atoms with E-state index in [2.05, 4.69) is 0 Å². The Morgan fingerprint density at radius 3 is 2.87 bits per heavy atom. The smallest absolute Gasteiger partial charge is 0.188 e. The van der Waals surface area contributed by atoms with Crippen LogP contribution in [0.1, 0.15) is 30.6 Å². The standard InChI is InChI=1S/C12H15FO2/c1-3-9(2)15-8-12(14)10-5-4-6-11(13)7-10/h4-7,9H,3,8H2,1-2H3. The summed E-state index contributed by atoms with van der Waals surface area (Å²) in [6, 6.07) is 5.64. The summed E-state index contributed by atoms with van der Waals surface area (Å²) in [5.41, 5.74) is 0.360. The molecule has 15 heavy (non-hydrogen) atoms. The average Bonchev–Trinajstić information content (AvgIpc) is 2.25. The van der Waals surface area contributed by atoms with Crippen LogP contribution >= 0.6 is 0 Å². The third-order valence-corrected chi connectivity index (χ3v) is 2.22. The maximum atomic E-state index is 12.8. The van der Waals surface area contributed by atoms with Gasteiger partial charge < -0.3 is 4.74 Å². The number of benzene rings is 1. The molecule has 1 atom stereocenters. The van der Waals surface area contributed by atoms with Gasteiger partial charge in [-0.15, -0.1) is 0 Å². The zero-order chi connectivity index (χ0) is 11.3. The molecule has 3 heteroatoms. The number of ketones is 1. The van der Waals surface area contributed by atoms with Gasteiger partial charge >= 0.3 is 0 Å². The first-order valence-corrected chi connectivity index (χ1v) is 5.04. The van der Waals surface area contributed by atoms with Crippen LogP contribution < -0.4 is 0 Å². The second-order valence-corrected chi connectivity index (χ2v) is 3.46. The summed E-state index contributed by atoms with van der Waals surface area (Å²) in [5, 5.41) is 0. The van der Waals surface area contributed by atoms with Crippen molar-refractivity contribution in [3.8, 4) is 0 Å². The van der Waals surface area contributed by atoms with E-state index in [-0.39, 0.29) is 18.5 Å². The van der Waals surface area contributed by atoms with E-state index in [1.807, 2.05) is 13.8 Å². The van der Waals surface area contributed by atoms with Crippen LogP contribution in [0.4, 0.5) is 4.39 Å². The number of carbonyl (C=O) groups excluding carboxylic acids is 1. The van der Waals surface area contributed by atoms with Crippen molar-refractivity contribution in [2.24, 2.45) is 0 Å². The molecule has 1 unspecified atom stereocenters. The summed E-state index contributed by atoms with van der Waals surface area (Å²) in [6.45, 7) is 3.90. The highest BCUT2D eigenvalue weighted by Crippen LogP contribution is 2.06. The molecule has 0 heterocycles. The van der Waals surface area contributed by atoms with E-state index in [9.17, 15) is 9.18 Å². The van der Waals surface area contributed by atoms with Crippen LogP contribution in [0.25, 0.3) is 0 Å². The Morgan fingerprint density at radius 1 is 1.53 bits per heavy atom. The van der Waals surface area contributed by atoms with Crippen molar-refractivity contribution in [1.82, 2.24) is 0 Å². The number of hydrogen-bond acceptors (Lipinski definition) is 2. The largest absolute Gasteiger partial charge is 0.370 e. The first kappa shape index (κ1) is 11.9. The minimum Gasteiger partial charge on any atom is -0.370 e. The maximum Gasteiger partial charge on any atom is 0.188 e. The Kier molecular flexibility index (Phi) is 4.43. The zero-order valence-corrected chi connectivity index (χ0v) is 9.00. The fourth-order valence-electron chi connectivity index (χ4n) is 1.08. The molecule has 0 spiro atoms. The first-order chi connectivity index (χ1) is 7.13. The van der Waals surface area contributed by atoms with E-state index in [1.54, 1.807) is 6.07 Å². The van der Waals surface area contributed by atoms with Crippen LogP contribution in [0.5, 0.6) is 0 Å². The normalized spacial score (nSPS) is 12.5. The quantitative estimate of drug-likeness (QED) is 0.698. The Balaban J connectivity index is 2.54. The van der Waals surface area contributed by atoms with Crippen LogP contribution in [0, 0.1) is 5.82 Å². The minimum absolute atomic E-state index is 0.0124. The monoisotopic (exact) mass is 210 g/mol. The fourth-order valence-corrected chi connectivity index (χ4v) is 1.08. The molecule has 1 aromatic rings. The van der Waals surface area contributed by atoms with Crippen molar-refractivity contribution < 1.29 is 13.9 Å². The van der Waals surface area contributed by atoms with Gasteiger partial charge in [-0.1, -0.05) is 19.1 Å². The lowest BCUT2D eigenvalue weighted by Crippen LogP contribution is -2.15. The second-order valence-electron chi connectivity index (χ2n) is 3.46. The second kappa shape index (κ2) is 5.61. The van der Waals surface area contributed by atoms with Gasteiger partial charge in [0.2, 0.25) is 0 Å². The van der Waals surface area contributed by atoms with Gasteiger partial charge in [0.05, 0.1) is 6.10 Å². The van der Waals surface area contributed by atoms with Gasteiger partial charge in [-0.3, -0.25) is 4.79 Å². The molecule has 0 N–H and O–H groups in total. The number of hydrogen-bond donors (Lipinski definition) is 0. The van der Waals surface area contributed by atoms with Crippen molar-refractivity contribution in [2.45, 2.75) is 26.4 Å². The zero-order valence-electron chi connectivity index (χ0n) is 9.00. The molecule has 0 aliphatic carbocycles. The van der Waals surface area contributed by atoms with Gasteiger partial charge in [-0.25, -0.2) is 4.39 Å². The molecule has 0 saturated carbocycles. The Bertz CT molecular complexity index is 336. The summed E-state index contributed by atoms with van der Waals surface area (Å²) in [4.78, 5) is 11.5. The van der Waals surface area contributed by atoms with Crippen LogP contribution in [-0.4, -0.2) is 18.5 Å². The molecular formula is C12H15FO2. The third-order valence-electron chi connectivity index (χ3n) is 2.22. The Labute approximate surface area is 89.1 Å². The molecule has 0 fully saturated rings. The molecule has 2 nitrogen and oxygen atoms in total. The fraction of sp³-hybridized carbons (Fsp3) is 0.417. The lowest BCUT2D eigenvalue weighted by molar-refractivity contribution is 0.0511. The van der Waals surface area contributed by atoms with Crippen molar-refractivity contribution in [1.29, 1.82) is 0 Å². The number of carbonyl (C=O) groups is 1. The first-order valence-electron chi connectivity index (χ1n) is 5.04. The molecule has 0 bridgehead atoms. The maximum absolute atomic E-state index is 12.8. The van der Waals surface area contributed by atoms with Gasteiger partial charge in [0.1, 0.15) is 12.4 Å². The van der Waals surface area contributed by atoms with E-state index in [0.717, 1.165) is 6.42 Å². The van der Waals surface area contributed by atoms with E-state index in [0.29, 0.717) is 5.56 Å². The van der Waals surface area contributed by atoms with Crippen molar-refractivity contribution in [3.05, 3.63) is 35.6 Å². The Morgan fingerprint density at radius 2 is 2.27 bits per heavy atom. The van der Waals surface area contributed by atoms with E-state index < -0.39 is 5.82 Å². The van der Waals surface area contributed by atoms with Gasteiger partial charge in [0.15, 0.2) is 5.78 Å². The number of halogens is 1. The highest BCUT2D eigenvalue weighted by atomic mass is 19.1. The van der Waals surface area contributed by atoms with Crippen molar-refractivity contribution in [3.63, 3.8) is 0 Å². The summed E-state index contributed by atoms with van der Waals surface area (Å²) in [5.74, 6) is -0.584. The molecule has 0 aliphatic heterocycles. The van der Waals surface area contributed by atoms with Crippen LogP contribution in [0.2, 0.25) is 0 Å². The summed E-state index contributed by atoms with van der Waals surface area (Å²) in [7, 11) is 0. The highest BCUT2D eigenvalue weighted by molar-refractivity contribution is 5.97. The average molecular weight is 210 g/mol. The molecule has 1 rings (SSSR count). The van der Waals surface area contributed by atoms with Gasteiger partial charge in [-0.2, -0.15) is 0 Å². The summed E-state index contributed by atoms with van der Waals surface area (Å²) in [6.07, 6.45) is 0.915. The Hall–Kier alpha value is -1.22. The lowest BCUT2D eigenvalue weighted by Gasteiger charge is -2.09. The SMILES string of the molecule is CCC(C)OCC(=O)c1cccc(F)c1. The molecule has 0 radical (unpaired) electrons. The highest BCUT2D eigenvalue weighted by Gasteiger charge is 2.08. The number of ether oxygens (including phenoxy) is 1. The minimum atomic E-state index is -0.399. The molecule has 0 amide bonds. The summed E-state index contributed by atoms with van der Waals surface area (Å²) >= 11 is 0. The molecule has 0 saturated heterocycles. The van der Waals surface area contributed by atoms with Crippen molar-refractivity contribution >= 4 is 5.78 Å². The van der Waals surface area contributed by atoms with E-state index in [4.69, 9.17) is 4.74 Å². The van der Waals surface area contributed by atoms with Crippen LogP contribution in [0.3, 0.4) is 0 Å². The summed E-state index contributed by atoms with van der Waals surface area (Å²) < 4.78 is 18.1. The topological polar surface area (TPSA) is 26.3 Å². The van der Waals surface area contributed by atoms with E-state index >= 15 is 0 Å². The van der Waals surface area contributed by atoms with E-state index in [1.165, 1.54) is 18.2 Å². The van der Waals surface area contributed by atoms with Crippen LogP contribution in [-0.2, 0) is 4.74 Å². The van der Waals surface area contributed by atoms with Gasteiger partial charge in [-0.05, 0) is 25.5 Å². The molecule has 1 aromatic carbocycles. The number of rotatable bonds is 5. The molecule has 0 aromatic heterocycles. The van der Waals surface area contributed by atoms with Gasteiger partial charge in [0, 0.05) is 5.56 Å².